The van der Waals surface area contributed by atoms with E-state index < -0.39 is 12.0 Å². The van der Waals surface area contributed by atoms with Crippen LogP contribution >= 0.6 is 0 Å². The van der Waals surface area contributed by atoms with E-state index in [1.807, 2.05) is 5.32 Å². The molecule has 0 aliphatic carbocycles. The van der Waals surface area contributed by atoms with Gasteiger partial charge in [0, 0.05) is 6.20 Å². The second-order valence-electron chi connectivity index (χ2n) is 1.16. The van der Waals surface area contributed by atoms with Gasteiger partial charge in [0.25, 0.3) is 0 Å². The lowest BCUT2D eigenvalue weighted by Crippen LogP contribution is -2.26. The van der Waals surface area contributed by atoms with Crippen LogP contribution in [0.15, 0.2) is 12.3 Å². The Labute approximate surface area is 51.2 Å². The third-order valence-electron chi connectivity index (χ3n) is 0.445. The fourth-order valence-electron chi connectivity index (χ4n) is 0.192. The van der Waals surface area contributed by atoms with Crippen molar-refractivity contribution in [3.63, 3.8) is 0 Å². The van der Waals surface area contributed by atoms with E-state index >= 15 is 0 Å². The zero-order valence-corrected chi connectivity index (χ0v) is 4.46. The number of nitrogens with one attached hydrogen (secondary N) is 1. The van der Waals surface area contributed by atoms with Gasteiger partial charge in [-0.15, -0.1) is 0 Å². The second kappa shape index (κ2) is 3.48. The number of carbonyl (C=O) groups is 2. The molecule has 5 heteroatoms. The predicted molar refractivity (Wildman–Crippen MR) is 26.9 cm³/mol. The predicted octanol–water partition coefficient (Wildman–Crippen LogP) is -2.08. The van der Waals surface area contributed by atoms with Crippen molar-refractivity contribution in [1.82, 2.24) is 5.32 Å². The Balaban J connectivity index is 3.48. The van der Waals surface area contributed by atoms with Crippen molar-refractivity contribution in [2.24, 2.45) is 5.73 Å². The van der Waals surface area contributed by atoms with Gasteiger partial charge in [0.15, 0.2) is 0 Å². The number of rotatable bonds is 2. The summed E-state index contributed by atoms with van der Waals surface area (Å²) in [6, 6.07) is -0.813. The average molecular weight is 129 g/mol. The minimum atomic E-state index is -1.39. The van der Waals surface area contributed by atoms with E-state index in [1.54, 1.807) is 0 Å². The first-order chi connectivity index (χ1) is 4.13. The van der Waals surface area contributed by atoms with E-state index in [0.717, 1.165) is 6.20 Å². The summed E-state index contributed by atoms with van der Waals surface area (Å²) in [5.74, 6) is -1.39. The highest BCUT2D eigenvalue weighted by atomic mass is 16.4. The second-order valence-corrected chi connectivity index (χ2v) is 1.16. The Morgan fingerprint density at radius 1 is 1.56 bits per heavy atom. The maximum Gasteiger partial charge on any atom is 0.316 e. The molecule has 0 aliphatic heterocycles. The van der Waals surface area contributed by atoms with Crippen molar-refractivity contribution >= 4 is 12.0 Å². The van der Waals surface area contributed by atoms with Crippen LogP contribution in [0.5, 0.6) is 0 Å². The van der Waals surface area contributed by atoms with Crippen LogP contribution in [0.25, 0.3) is 0 Å². The molecule has 0 heterocycles. The van der Waals surface area contributed by atoms with Crippen LogP contribution < -0.4 is 16.2 Å². The molecule has 0 aromatic heterocycles. The SMILES string of the molecule is NC(=O)N/C=C\C(=O)[O-]. The number of primary amides is 1. The van der Waals surface area contributed by atoms with E-state index in [0.29, 0.717) is 6.08 Å². The molecular formula is C4H5N2O3-. The molecule has 0 fully saturated rings. The molecule has 0 bridgehead atoms. The first kappa shape index (κ1) is 7.48. The molecule has 0 unspecified atom stereocenters. The Bertz CT molecular complexity index is 152. The number of carboxylic acid groups (broad SMARTS) is 1. The standard InChI is InChI=1S/C4H6N2O3/c5-4(9)6-2-1-3(7)8/h1-2H,(H,7,8)(H3,5,6,9)/p-1/b2-1-. The summed E-state index contributed by atoms with van der Waals surface area (Å²) in [5, 5.41) is 11.5. The zero-order valence-electron chi connectivity index (χ0n) is 4.46. The van der Waals surface area contributed by atoms with Crippen LogP contribution in [0.4, 0.5) is 4.79 Å². The van der Waals surface area contributed by atoms with Crippen LogP contribution in [0.1, 0.15) is 0 Å². The molecule has 3 N–H and O–H groups in total. The van der Waals surface area contributed by atoms with Crippen molar-refractivity contribution in [3.05, 3.63) is 12.3 Å². The van der Waals surface area contributed by atoms with Crippen molar-refractivity contribution in [3.8, 4) is 0 Å². The summed E-state index contributed by atoms with van der Waals surface area (Å²) < 4.78 is 0. The number of aliphatic carboxylic acids is 1. The fourth-order valence-corrected chi connectivity index (χ4v) is 0.192. The summed E-state index contributed by atoms with van der Waals surface area (Å²) in [6.07, 6.45) is 1.54. The van der Waals surface area contributed by atoms with Gasteiger partial charge >= 0.3 is 6.03 Å². The summed E-state index contributed by atoms with van der Waals surface area (Å²) in [6.45, 7) is 0. The normalized spacial score (nSPS) is 9.33. The lowest BCUT2D eigenvalue weighted by atomic mass is 10.6. The van der Waals surface area contributed by atoms with E-state index in [2.05, 4.69) is 5.73 Å². The topological polar surface area (TPSA) is 95.2 Å². The first-order valence-corrected chi connectivity index (χ1v) is 2.06. The quantitative estimate of drug-likeness (QED) is 0.419. The number of hydrogen-bond acceptors (Lipinski definition) is 3. The van der Waals surface area contributed by atoms with E-state index in [9.17, 15) is 14.7 Å². The molecule has 0 aliphatic rings. The number of hydrogen-bond donors (Lipinski definition) is 2. The van der Waals surface area contributed by atoms with Crippen molar-refractivity contribution in [1.29, 1.82) is 0 Å². The van der Waals surface area contributed by atoms with E-state index in [-0.39, 0.29) is 0 Å². The molecule has 0 radical (unpaired) electrons. The van der Waals surface area contributed by atoms with Gasteiger partial charge in [-0.1, -0.05) is 0 Å². The number of nitrogens with two attached hydrogens (primary N) is 1. The van der Waals surface area contributed by atoms with E-state index in [1.165, 1.54) is 0 Å². The van der Waals surface area contributed by atoms with Crippen LogP contribution in [0.3, 0.4) is 0 Å². The highest BCUT2D eigenvalue weighted by Crippen LogP contribution is 1.62. The molecule has 0 atom stereocenters. The maximum atomic E-state index is 9.83. The van der Waals surface area contributed by atoms with Crippen LogP contribution in [0, 0.1) is 0 Å². The number of carboxylic acids is 1. The van der Waals surface area contributed by atoms with Crippen molar-refractivity contribution < 1.29 is 14.7 Å². The zero-order chi connectivity index (χ0) is 7.28. The maximum absolute atomic E-state index is 9.83. The van der Waals surface area contributed by atoms with Gasteiger partial charge in [-0.25, -0.2) is 4.79 Å². The monoisotopic (exact) mass is 129 g/mol. The summed E-state index contributed by atoms with van der Waals surface area (Å²) in [5.41, 5.74) is 4.56. The van der Waals surface area contributed by atoms with Gasteiger partial charge in [-0.05, 0) is 6.08 Å². The van der Waals surface area contributed by atoms with Gasteiger partial charge < -0.3 is 21.0 Å². The number of urea groups is 1. The van der Waals surface area contributed by atoms with Crippen LogP contribution in [-0.2, 0) is 4.79 Å². The molecule has 2 amide bonds. The molecule has 5 nitrogen and oxygen atoms in total. The Kier molecular flexibility index (Phi) is 2.89. The van der Waals surface area contributed by atoms with Crippen molar-refractivity contribution in [2.75, 3.05) is 0 Å². The smallest absolute Gasteiger partial charge is 0.316 e. The molecule has 0 aromatic carbocycles. The highest BCUT2D eigenvalue weighted by molar-refractivity contribution is 5.79. The van der Waals surface area contributed by atoms with Crippen LogP contribution in [-0.4, -0.2) is 12.0 Å². The lowest BCUT2D eigenvalue weighted by Gasteiger charge is -1.91. The summed E-state index contributed by atoms with van der Waals surface area (Å²) >= 11 is 0. The largest absolute Gasteiger partial charge is 0.545 e. The average Bonchev–Trinajstić information content (AvgIpc) is 1.63. The summed E-state index contributed by atoms with van der Waals surface area (Å²) in [4.78, 5) is 19.4. The van der Waals surface area contributed by atoms with Gasteiger partial charge in [-0.3, -0.25) is 0 Å². The highest BCUT2D eigenvalue weighted by Gasteiger charge is 1.80. The summed E-state index contributed by atoms with van der Waals surface area (Å²) in [7, 11) is 0. The Morgan fingerprint density at radius 3 is 2.44 bits per heavy atom. The fraction of sp³-hybridized carbons (Fsp3) is 0. The van der Waals surface area contributed by atoms with E-state index in [4.69, 9.17) is 0 Å². The Morgan fingerprint density at radius 2 is 2.11 bits per heavy atom. The van der Waals surface area contributed by atoms with Gasteiger partial charge in [0.05, 0.1) is 5.97 Å². The third kappa shape index (κ3) is 6.48. The molecule has 0 aromatic rings. The number of carbonyl (C=O) groups excluding carboxylic acids is 2. The van der Waals surface area contributed by atoms with Crippen LogP contribution in [0.2, 0.25) is 0 Å². The third-order valence-corrected chi connectivity index (χ3v) is 0.445. The number of amides is 2. The minimum absolute atomic E-state index is 0.658. The molecule has 50 valence electrons. The van der Waals surface area contributed by atoms with Crippen molar-refractivity contribution in [2.45, 2.75) is 0 Å². The molecule has 0 spiro atoms. The van der Waals surface area contributed by atoms with Gasteiger partial charge in [0.1, 0.15) is 0 Å². The lowest BCUT2D eigenvalue weighted by molar-refractivity contribution is -0.297. The van der Waals surface area contributed by atoms with Gasteiger partial charge in [-0.2, -0.15) is 0 Å². The Hall–Kier alpha value is -1.52. The molecular weight excluding hydrogens is 124 g/mol. The molecule has 0 saturated heterocycles. The molecule has 0 saturated carbocycles. The molecule has 9 heavy (non-hydrogen) atoms. The molecule has 0 rings (SSSR count). The minimum Gasteiger partial charge on any atom is -0.545 e. The first-order valence-electron chi connectivity index (χ1n) is 2.06. The van der Waals surface area contributed by atoms with Gasteiger partial charge in [0.2, 0.25) is 0 Å².